The number of carbonyl (C=O) groups excluding carboxylic acids is 1. The second-order valence-corrected chi connectivity index (χ2v) is 3.67. The van der Waals surface area contributed by atoms with Crippen molar-refractivity contribution in [2.45, 2.75) is 25.7 Å². The molecule has 1 aromatic rings. The number of hydrogen-bond donors (Lipinski definition) is 1. The van der Waals surface area contributed by atoms with Gasteiger partial charge in [-0.2, -0.15) is 0 Å². The molecule has 1 unspecified atom stereocenters. The summed E-state index contributed by atoms with van der Waals surface area (Å²) >= 11 is 0. The number of hydrogen-bond acceptors (Lipinski definition) is 1. The SMILES string of the molecule is C#CCNC(=O)C(CCC)c1ccccc1. The molecular weight excluding hydrogens is 198 g/mol. The van der Waals surface area contributed by atoms with Crippen molar-refractivity contribution in [3.8, 4) is 12.3 Å². The van der Waals surface area contributed by atoms with E-state index in [0.717, 1.165) is 18.4 Å². The van der Waals surface area contributed by atoms with Crippen molar-refractivity contribution in [2.75, 3.05) is 6.54 Å². The Morgan fingerprint density at radius 2 is 2.12 bits per heavy atom. The Hall–Kier alpha value is -1.75. The summed E-state index contributed by atoms with van der Waals surface area (Å²) in [5.41, 5.74) is 1.05. The van der Waals surface area contributed by atoms with Crippen LogP contribution in [-0.2, 0) is 4.79 Å². The van der Waals surface area contributed by atoms with Crippen LogP contribution in [0.15, 0.2) is 30.3 Å². The van der Waals surface area contributed by atoms with Crippen molar-refractivity contribution in [1.29, 1.82) is 0 Å². The predicted octanol–water partition coefficient (Wildman–Crippen LogP) is 2.32. The van der Waals surface area contributed by atoms with Crippen LogP contribution in [0.3, 0.4) is 0 Å². The van der Waals surface area contributed by atoms with Gasteiger partial charge in [-0.1, -0.05) is 49.6 Å². The van der Waals surface area contributed by atoms with Crippen molar-refractivity contribution < 1.29 is 4.79 Å². The van der Waals surface area contributed by atoms with Crippen LogP contribution in [0, 0.1) is 12.3 Å². The van der Waals surface area contributed by atoms with E-state index in [-0.39, 0.29) is 11.8 Å². The molecule has 0 aliphatic heterocycles. The van der Waals surface area contributed by atoms with Crippen molar-refractivity contribution >= 4 is 5.91 Å². The molecule has 0 radical (unpaired) electrons. The second-order valence-electron chi connectivity index (χ2n) is 3.67. The number of amides is 1. The summed E-state index contributed by atoms with van der Waals surface area (Å²) in [5.74, 6) is 2.35. The fraction of sp³-hybridized carbons (Fsp3) is 0.357. The molecule has 0 aliphatic rings. The van der Waals surface area contributed by atoms with Crippen molar-refractivity contribution in [1.82, 2.24) is 5.32 Å². The lowest BCUT2D eigenvalue weighted by Gasteiger charge is -2.15. The van der Waals surface area contributed by atoms with Gasteiger partial charge in [-0.3, -0.25) is 4.79 Å². The molecule has 1 atom stereocenters. The minimum atomic E-state index is -0.0838. The summed E-state index contributed by atoms with van der Waals surface area (Å²) < 4.78 is 0. The summed E-state index contributed by atoms with van der Waals surface area (Å²) in [5, 5.41) is 2.74. The average Bonchev–Trinajstić information content (AvgIpc) is 2.34. The Kier molecular flexibility index (Phi) is 5.15. The normalized spacial score (nSPS) is 11.5. The van der Waals surface area contributed by atoms with Crippen LogP contribution in [0.5, 0.6) is 0 Å². The van der Waals surface area contributed by atoms with E-state index in [4.69, 9.17) is 6.42 Å². The first-order chi connectivity index (χ1) is 7.79. The Morgan fingerprint density at radius 3 is 2.69 bits per heavy atom. The highest BCUT2D eigenvalue weighted by Crippen LogP contribution is 2.20. The van der Waals surface area contributed by atoms with E-state index in [0.29, 0.717) is 6.54 Å². The van der Waals surface area contributed by atoms with Crippen molar-refractivity contribution in [3.63, 3.8) is 0 Å². The summed E-state index contributed by atoms with van der Waals surface area (Å²) in [6, 6.07) is 9.82. The lowest BCUT2D eigenvalue weighted by atomic mass is 9.94. The van der Waals surface area contributed by atoms with Gasteiger partial charge in [-0.05, 0) is 12.0 Å². The largest absolute Gasteiger partial charge is 0.345 e. The Balaban J connectivity index is 2.75. The minimum Gasteiger partial charge on any atom is -0.345 e. The fourth-order valence-electron chi connectivity index (χ4n) is 1.68. The van der Waals surface area contributed by atoms with E-state index in [2.05, 4.69) is 18.2 Å². The van der Waals surface area contributed by atoms with Gasteiger partial charge in [0.05, 0.1) is 12.5 Å². The molecule has 0 saturated carbocycles. The maximum Gasteiger partial charge on any atom is 0.228 e. The van der Waals surface area contributed by atoms with Gasteiger partial charge >= 0.3 is 0 Å². The van der Waals surface area contributed by atoms with Gasteiger partial charge in [0, 0.05) is 0 Å². The van der Waals surface area contributed by atoms with Crippen LogP contribution >= 0.6 is 0 Å². The molecule has 84 valence electrons. The monoisotopic (exact) mass is 215 g/mol. The zero-order valence-electron chi connectivity index (χ0n) is 9.57. The van der Waals surface area contributed by atoms with E-state index in [9.17, 15) is 4.79 Å². The van der Waals surface area contributed by atoms with Gasteiger partial charge in [0.15, 0.2) is 0 Å². The smallest absolute Gasteiger partial charge is 0.228 e. The Bertz CT molecular complexity index is 364. The molecule has 1 amide bonds. The summed E-state index contributed by atoms with van der Waals surface area (Å²) in [4.78, 5) is 11.9. The van der Waals surface area contributed by atoms with Crippen molar-refractivity contribution in [2.24, 2.45) is 0 Å². The van der Waals surface area contributed by atoms with Gasteiger partial charge in [-0.15, -0.1) is 6.42 Å². The Morgan fingerprint density at radius 1 is 1.44 bits per heavy atom. The molecule has 0 aliphatic carbocycles. The van der Waals surface area contributed by atoms with Gasteiger partial charge in [-0.25, -0.2) is 0 Å². The highest BCUT2D eigenvalue weighted by Gasteiger charge is 2.18. The first-order valence-electron chi connectivity index (χ1n) is 5.55. The number of terminal acetylenes is 1. The standard InChI is InChI=1S/C14H17NO/c1-3-8-13(14(16)15-11-4-2)12-9-6-5-7-10-12/h2,5-7,9-10,13H,3,8,11H2,1H3,(H,15,16). The predicted molar refractivity (Wildman–Crippen MR) is 65.9 cm³/mol. The lowest BCUT2D eigenvalue weighted by molar-refractivity contribution is -0.122. The van der Waals surface area contributed by atoms with Crippen LogP contribution in [0.2, 0.25) is 0 Å². The van der Waals surface area contributed by atoms with E-state index < -0.39 is 0 Å². The summed E-state index contributed by atoms with van der Waals surface area (Å²) in [7, 11) is 0. The molecular formula is C14H17NO. The highest BCUT2D eigenvalue weighted by molar-refractivity contribution is 5.83. The van der Waals surface area contributed by atoms with Crippen LogP contribution in [0.1, 0.15) is 31.2 Å². The van der Waals surface area contributed by atoms with Gasteiger partial charge in [0.25, 0.3) is 0 Å². The first kappa shape index (κ1) is 12.3. The second kappa shape index (κ2) is 6.68. The van der Waals surface area contributed by atoms with Gasteiger partial charge in [0.1, 0.15) is 0 Å². The quantitative estimate of drug-likeness (QED) is 0.750. The highest BCUT2D eigenvalue weighted by atomic mass is 16.1. The van der Waals surface area contributed by atoms with E-state index in [1.165, 1.54) is 0 Å². The topological polar surface area (TPSA) is 29.1 Å². The number of nitrogens with one attached hydrogen (secondary N) is 1. The molecule has 0 spiro atoms. The molecule has 1 aromatic carbocycles. The zero-order chi connectivity index (χ0) is 11.8. The number of benzene rings is 1. The molecule has 2 heteroatoms. The number of carbonyl (C=O) groups is 1. The maximum atomic E-state index is 11.9. The molecule has 0 fully saturated rings. The first-order valence-corrected chi connectivity index (χ1v) is 5.55. The van der Waals surface area contributed by atoms with Gasteiger partial charge < -0.3 is 5.32 Å². The minimum absolute atomic E-state index is 0.0194. The molecule has 0 aromatic heterocycles. The van der Waals surface area contributed by atoms with E-state index in [1.54, 1.807) is 0 Å². The maximum absolute atomic E-state index is 11.9. The molecule has 16 heavy (non-hydrogen) atoms. The molecule has 0 heterocycles. The summed E-state index contributed by atoms with van der Waals surface area (Å²) in [6.45, 7) is 2.37. The van der Waals surface area contributed by atoms with Crippen molar-refractivity contribution in [3.05, 3.63) is 35.9 Å². The lowest BCUT2D eigenvalue weighted by Crippen LogP contribution is -2.29. The average molecular weight is 215 g/mol. The number of rotatable bonds is 5. The van der Waals surface area contributed by atoms with Crippen LogP contribution in [0.4, 0.5) is 0 Å². The van der Waals surface area contributed by atoms with E-state index >= 15 is 0 Å². The van der Waals surface area contributed by atoms with Gasteiger partial charge in [0.2, 0.25) is 5.91 Å². The molecule has 2 nitrogen and oxygen atoms in total. The Labute approximate surface area is 97.1 Å². The molecule has 1 N–H and O–H groups in total. The summed E-state index contributed by atoms with van der Waals surface area (Å²) in [6.07, 6.45) is 6.95. The molecule has 1 rings (SSSR count). The third kappa shape index (κ3) is 3.43. The van der Waals surface area contributed by atoms with E-state index in [1.807, 2.05) is 30.3 Å². The molecule has 0 bridgehead atoms. The molecule has 0 saturated heterocycles. The van der Waals surface area contributed by atoms with Crippen LogP contribution < -0.4 is 5.32 Å². The van der Waals surface area contributed by atoms with Crippen LogP contribution in [-0.4, -0.2) is 12.5 Å². The van der Waals surface area contributed by atoms with Crippen LogP contribution in [0.25, 0.3) is 0 Å². The zero-order valence-corrected chi connectivity index (χ0v) is 9.57. The third-order valence-corrected chi connectivity index (χ3v) is 2.46. The third-order valence-electron chi connectivity index (χ3n) is 2.46. The fourth-order valence-corrected chi connectivity index (χ4v) is 1.68.